The van der Waals surface area contributed by atoms with Crippen molar-refractivity contribution >= 4 is 0 Å². The van der Waals surface area contributed by atoms with E-state index in [0.29, 0.717) is 0 Å². The van der Waals surface area contributed by atoms with Crippen molar-refractivity contribution in [1.82, 2.24) is 5.32 Å². The normalized spacial score (nSPS) is 31.3. The van der Waals surface area contributed by atoms with Crippen LogP contribution >= 0.6 is 0 Å². The van der Waals surface area contributed by atoms with Crippen molar-refractivity contribution in [2.45, 2.75) is 31.2 Å². The summed E-state index contributed by atoms with van der Waals surface area (Å²) in [5.74, 6) is 2.72. The van der Waals surface area contributed by atoms with Crippen LogP contribution in [0.5, 0.6) is 0 Å². The molecule has 0 aliphatic heterocycles. The lowest BCUT2D eigenvalue weighted by molar-refractivity contribution is 0.443. The van der Waals surface area contributed by atoms with Crippen molar-refractivity contribution in [2.24, 2.45) is 11.8 Å². The van der Waals surface area contributed by atoms with Crippen LogP contribution in [0, 0.1) is 11.8 Å². The first-order valence-corrected chi connectivity index (χ1v) is 6.12. The Hall–Kier alpha value is -0.820. The molecule has 3 rings (SSSR count). The number of benzene rings is 1. The van der Waals surface area contributed by atoms with Gasteiger partial charge in [0.15, 0.2) is 0 Å². The Morgan fingerprint density at radius 3 is 2.53 bits per heavy atom. The van der Waals surface area contributed by atoms with Gasteiger partial charge in [0, 0.05) is 6.04 Å². The van der Waals surface area contributed by atoms with E-state index in [1.165, 1.54) is 19.3 Å². The van der Waals surface area contributed by atoms with Crippen molar-refractivity contribution < 1.29 is 0 Å². The summed E-state index contributed by atoms with van der Waals surface area (Å²) >= 11 is 0. The molecule has 0 spiro atoms. The van der Waals surface area contributed by atoms with Gasteiger partial charge in [0.1, 0.15) is 0 Å². The van der Waals surface area contributed by atoms with Gasteiger partial charge in [0.05, 0.1) is 0 Å². The predicted octanol–water partition coefficient (Wildman–Crippen LogP) is 2.79. The molecule has 1 aromatic carbocycles. The monoisotopic (exact) mass is 201 g/mol. The molecule has 80 valence electrons. The first-order valence-electron chi connectivity index (χ1n) is 6.12. The van der Waals surface area contributed by atoms with Gasteiger partial charge in [-0.1, -0.05) is 30.3 Å². The fourth-order valence-corrected chi connectivity index (χ4v) is 2.95. The molecule has 2 aliphatic rings. The summed E-state index contributed by atoms with van der Waals surface area (Å²) in [6.45, 7) is 0. The highest BCUT2D eigenvalue weighted by Crippen LogP contribution is 2.54. The maximum absolute atomic E-state index is 3.53. The van der Waals surface area contributed by atoms with Gasteiger partial charge >= 0.3 is 0 Å². The molecular formula is C14H19N. The molecule has 0 radical (unpaired) electrons. The van der Waals surface area contributed by atoms with Crippen LogP contribution in [-0.2, 0) is 0 Å². The van der Waals surface area contributed by atoms with Crippen molar-refractivity contribution in [2.75, 3.05) is 7.05 Å². The van der Waals surface area contributed by atoms with Crippen LogP contribution in [0.2, 0.25) is 0 Å². The topological polar surface area (TPSA) is 12.0 Å². The second-order valence-electron chi connectivity index (χ2n) is 5.07. The zero-order chi connectivity index (χ0) is 10.3. The van der Waals surface area contributed by atoms with Crippen LogP contribution in [0.1, 0.15) is 30.7 Å². The maximum atomic E-state index is 3.53. The van der Waals surface area contributed by atoms with Crippen molar-refractivity contribution in [3.05, 3.63) is 35.9 Å². The Morgan fingerprint density at radius 1 is 1.20 bits per heavy atom. The minimum absolute atomic E-state index is 0.787. The second-order valence-corrected chi connectivity index (χ2v) is 5.07. The first kappa shape index (κ1) is 9.41. The maximum Gasteiger partial charge on any atom is 0.0127 e. The van der Waals surface area contributed by atoms with Gasteiger partial charge in [0.25, 0.3) is 0 Å². The van der Waals surface area contributed by atoms with E-state index in [1.54, 1.807) is 5.56 Å². The lowest BCUT2D eigenvalue weighted by Gasteiger charge is -2.15. The molecule has 1 N–H and O–H groups in total. The molecule has 0 aromatic heterocycles. The molecule has 0 bridgehead atoms. The average Bonchev–Trinajstić information content (AvgIpc) is 3.14. The summed E-state index contributed by atoms with van der Waals surface area (Å²) < 4.78 is 0. The summed E-state index contributed by atoms with van der Waals surface area (Å²) in [7, 11) is 2.13. The van der Waals surface area contributed by atoms with Crippen LogP contribution in [0.3, 0.4) is 0 Å². The Kier molecular flexibility index (Phi) is 2.28. The highest BCUT2D eigenvalue weighted by molar-refractivity contribution is 5.27. The molecule has 0 amide bonds. The Morgan fingerprint density at radius 2 is 1.93 bits per heavy atom. The third kappa shape index (κ3) is 1.81. The third-order valence-corrected chi connectivity index (χ3v) is 3.99. The van der Waals surface area contributed by atoms with Gasteiger partial charge in [-0.3, -0.25) is 0 Å². The summed E-state index contributed by atoms with van der Waals surface area (Å²) in [6, 6.07) is 11.8. The van der Waals surface area contributed by atoms with Gasteiger partial charge in [-0.2, -0.15) is 0 Å². The van der Waals surface area contributed by atoms with E-state index < -0.39 is 0 Å². The minimum Gasteiger partial charge on any atom is -0.316 e. The summed E-state index contributed by atoms with van der Waals surface area (Å²) in [5, 5.41) is 3.53. The molecule has 15 heavy (non-hydrogen) atoms. The highest BCUT2D eigenvalue weighted by atomic mass is 14.9. The first-order chi connectivity index (χ1) is 7.40. The minimum atomic E-state index is 0.787. The van der Waals surface area contributed by atoms with Crippen molar-refractivity contribution in [1.29, 1.82) is 0 Å². The van der Waals surface area contributed by atoms with Gasteiger partial charge in [-0.05, 0) is 49.6 Å². The van der Waals surface area contributed by atoms with Gasteiger partial charge in [0.2, 0.25) is 0 Å². The Balaban J connectivity index is 1.68. The van der Waals surface area contributed by atoms with Crippen LogP contribution < -0.4 is 5.32 Å². The van der Waals surface area contributed by atoms with Crippen LogP contribution in [0.15, 0.2) is 30.3 Å². The highest BCUT2D eigenvalue weighted by Gasteiger charge is 2.48. The molecule has 2 aliphatic carbocycles. The van der Waals surface area contributed by atoms with Crippen LogP contribution in [0.4, 0.5) is 0 Å². The fourth-order valence-electron chi connectivity index (χ4n) is 2.95. The molecule has 1 heteroatoms. The molecule has 1 nitrogen and oxygen atoms in total. The molecule has 0 heterocycles. The molecule has 2 saturated carbocycles. The van der Waals surface area contributed by atoms with Gasteiger partial charge in [-0.25, -0.2) is 0 Å². The van der Waals surface area contributed by atoms with E-state index in [2.05, 4.69) is 42.7 Å². The van der Waals surface area contributed by atoms with E-state index in [9.17, 15) is 0 Å². The molecule has 3 unspecified atom stereocenters. The predicted molar refractivity (Wildman–Crippen MR) is 62.9 cm³/mol. The zero-order valence-electron chi connectivity index (χ0n) is 9.32. The van der Waals surface area contributed by atoms with Crippen molar-refractivity contribution in [3.63, 3.8) is 0 Å². The van der Waals surface area contributed by atoms with E-state index in [1.807, 2.05) is 0 Å². The third-order valence-electron chi connectivity index (χ3n) is 3.99. The lowest BCUT2D eigenvalue weighted by Crippen LogP contribution is -2.30. The zero-order valence-corrected chi connectivity index (χ0v) is 9.32. The van der Waals surface area contributed by atoms with E-state index in [4.69, 9.17) is 0 Å². The second kappa shape index (κ2) is 3.64. The molecule has 3 atom stereocenters. The average molecular weight is 201 g/mol. The number of hydrogen-bond donors (Lipinski definition) is 1. The molecule has 1 aromatic rings. The lowest BCUT2D eigenvalue weighted by atomic mass is 10.0. The number of nitrogens with one attached hydrogen (secondary N) is 1. The van der Waals surface area contributed by atoms with E-state index in [-0.39, 0.29) is 0 Å². The van der Waals surface area contributed by atoms with E-state index in [0.717, 1.165) is 23.8 Å². The standard InChI is InChI=1S/C14H19N/c1-15-14(11-7-8-11)13-9-12(13)10-5-3-2-4-6-10/h2-6,11-15H,7-9H2,1H3. The number of hydrogen-bond acceptors (Lipinski definition) is 1. The number of rotatable bonds is 4. The quantitative estimate of drug-likeness (QED) is 0.790. The smallest absolute Gasteiger partial charge is 0.0127 e. The Labute approximate surface area is 91.9 Å². The molecule has 0 saturated heterocycles. The van der Waals surface area contributed by atoms with Gasteiger partial charge < -0.3 is 5.32 Å². The Bertz CT molecular complexity index is 328. The van der Waals surface area contributed by atoms with Crippen LogP contribution in [0.25, 0.3) is 0 Å². The van der Waals surface area contributed by atoms with E-state index >= 15 is 0 Å². The van der Waals surface area contributed by atoms with Crippen LogP contribution in [-0.4, -0.2) is 13.1 Å². The summed E-state index contributed by atoms with van der Waals surface area (Å²) in [4.78, 5) is 0. The van der Waals surface area contributed by atoms with Crippen molar-refractivity contribution in [3.8, 4) is 0 Å². The fraction of sp³-hybridized carbons (Fsp3) is 0.571. The SMILES string of the molecule is CNC(C1CC1)C1CC1c1ccccc1. The largest absolute Gasteiger partial charge is 0.316 e. The van der Waals surface area contributed by atoms with Gasteiger partial charge in [-0.15, -0.1) is 0 Å². The summed E-state index contributed by atoms with van der Waals surface area (Å²) in [6.07, 6.45) is 4.29. The summed E-state index contributed by atoms with van der Waals surface area (Å²) in [5.41, 5.74) is 1.54. The molecular weight excluding hydrogens is 182 g/mol. The molecule has 2 fully saturated rings.